The Hall–Kier alpha value is -1.07. The molecule has 2 unspecified atom stereocenters. The summed E-state index contributed by atoms with van der Waals surface area (Å²) in [5.41, 5.74) is 1.52. The van der Waals surface area contributed by atoms with Gasteiger partial charge >= 0.3 is 0 Å². The number of halogens is 6. The monoisotopic (exact) mass is 437 g/mol. The first-order valence-corrected chi connectivity index (χ1v) is 9.16. The molecule has 1 saturated carbocycles. The highest BCUT2D eigenvalue weighted by Gasteiger charge is 2.67. The van der Waals surface area contributed by atoms with Crippen LogP contribution >= 0.6 is 46.4 Å². The van der Waals surface area contributed by atoms with Gasteiger partial charge in [0.15, 0.2) is 0 Å². The van der Waals surface area contributed by atoms with Gasteiger partial charge in [-0.15, -0.1) is 23.2 Å². The molecule has 0 heterocycles. The fourth-order valence-corrected chi connectivity index (χ4v) is 4.15. The van der Waals surface area contributed by atoms with Crippen LogP contribution in [0.5, 0.6) is 0 Å². The van der Waals surface area contributed by atoms with Crippen LogP contribution in [0.15, 0.2) is 36.4 Å². The SMILES string of the molecule is Cc1cc(NC(=O)C2C(c3cc(Cl)cc(C(F)F)c3)C2(Cl)Cl)ccc1Cl. The first-order chi connectivity index (χ1) is 12.1. The zero-order valence-electron chi connectivity index (χ0n) is 13.4. The van der Waals surface area contributed by atoms with Gasteiger partial charge in [0, 0.05) is 27.2 Å². The third-order valence-electron chi connectivity index (χ3n) is 4.32. The average molecular weight is 439 g/mol. The molecule has 1 fully saturated rings. The number of alkyl halides is 4. The molecule has 2 aromatic rings. The van der Waals surface area contributed by atoms with Crippen LogP contribution in [0.1, 0.15) is 29.0 Å². The van der Waals surface area contributed by atoms with E-state index in [4.69, 9.17) is 46.4 Å². The van der Waals surface area contributed by atoms with Crippen molar-refractivity contribution >= 4 is 58.0 Å². The molecule has 2 atom stereocenters. The van der Waals surface area contributed by atoms with Crippen LogP contribution in [0, 0.1) is 12.8 Å². The van der Waals surface area contributed by atoms with E-state index in [1.54, 1.807) is 18.2 Å². The number of benzene rings is 2. The first kappa shape index (κ1) is 19.7. The van der Waals surface area contributed by atoms with Crippen molar-refractivity contribution in [1.82, 2.24) is 0 Å². The van der Waals surface area contributed by atoms with Crippen LogP contribution in [-0.4, -0.2) is 10.2 Å². The van der Waals surface area contributed by atoms with E-state index in [2.05, 4.69) is 5.32 Å². The van der Waals surface area contributed by atoms with Crippen molar-refractivity contribution in [1.29, 1.82) is 0 Å². The highest BCUT2D eigenvalue weighted by atomic mass is 35.5. The van der Waals surface area contributed by atoms with Crippen molar-refractivity contribution in [3.05, 3.63) is 63.1 Å². The Kier molecular flexibility index (Phi) is 5.42. The highest BCUT2D eigenvalue weighted by molar-refractivity contribution is 6.53. The number of amides is 1. The number of aryl methyl sites for hydroxylation is 1. The lowest BCUT2D eigenvalue weighted by atomic mass is 10.1. The van der Waals surface area contributed by atoms with Crippen molar-refractivity contribution < 1.29 is 13.6 Å². The zero-order chi connectivity index (χ0) is 19.2. The quantitative estimate of drug-likeness (QED) is 0.524. The number of hydrogen-bond acceptors (Lipinski definition) is 1. The smallest absolute Gasteiger partial charge is 0.263 e. The molecule has 1 N–H and O–H groups in total. The lowest BCUT2D eigenvalue weighted by Crippen LogP contribution is -2.17. The van der Waals surface area contributed by atoms with E-state index >= 15 is 0 Å². The Morgan fingerprint density at radius 2 is 1.85 bits per heavy atom. The van der Waals surface area contributed by atoms with Gasteiger partial charge in [-0.3, -0.25) is 4.79 Å². The Labute approximate surface area is 169 Å². The van der Waals surface area contributed by atoms with Crippen LogP contribution in [0.2, 0.25) is 10.0 Å². The molecule has 0 aromatic heterocycles. The summed E-state index contributed by atoms with van der Waals surface area (Å²) >= 11 is 24.4. The fraction of sp³-hybridized carbons (Fsp3) is 0.278. The number of hydrogen-bond donors (Lipinski definition) is 1. The lowest BCUT2D eigenvalue weighted by molar-refractivity contribution is -0.117. The molecule has 1 aliphatic rings. The van der Waals surface area contributed by atoms with Gasteiger partial charge in [-0.25, -0.2) is 8.78 Å². The average Bonchev–Trinajstić information content (AvgIpc) is 3.13. The predicted octanol–water partition coefficient (Wildman–Crippen LogP) is 6.77. The standard InChI is InChI=1S/C18H13Cl4F2NO/c1-8-4-12(2-3-13(8)20)25-17(26)15-14(18(15,21)22)9-5-10(16(23)24)7-11(19)6-9/h2-7,14-16H,1H3,(H,25,26). The molecule has 138 valence electrons. The second kappa shape index (κ2) is 7.16. The summed E-state index contributed by atoms with van der Waals surface area (Å²) in [6.07, 6.45) is -2.68. The van der Waals surface area contributed by atoms with Crippen LogP contribution in [-0.2, 0) is 4.79 Å². The van der Waals surface area contributed by atoms with E-state index in [9.17, 15) is 13.6 Å². The molecule has 3 rings (SSSR count). The molecule has 26 heavy (non-hydrogen) atoms. The molecular formula is C18H13Cl4F2NO. The van der Waals surface area contributed by atoms with Crippen molar-refractivity contribution in [2.75, 3.05) is 5.32 Å². The number of carbonyl (C=O) groups excluding carboxylic acids is 1. The summed E-state index contributed by atoms with van der Waals surface area (Å²) in [6.45, 7) is 1.81. The van der Waals surface area contributed by atoms with Gasteiger partial charge in [0.05, 0.1) is 5.92 Å². The molecule has 0 aliphatic heterocycles. The van der Waals surface area contributed by atoms with Crippen LogP contribution in [0.3, 0.4) is 0 Å². The second-order valence-electron chi connectivity index (χ2n) is 6.20. The molecule has 1 aliphatic carbocycles. The van der Waals surface area contributed by atoms with Gasteiger partial charge in [-0.2, -0.15) is 0 Å². The van der Waals surface area contributed by atoms with Crippen LogP contribution < -0.4 is 5.32 Å². The lowest BCUT2D eigenvalue weighted by Gasteiger charge is -2.08. The number of nitrogens with one attached hydrogen (secondary N) is 1. The third-order valence-corrected chi connectivity index (χ3v) is 5.90. The van der Waals surface area contributed by atoms with E-state index in [0.717, 1.165) is 5.56 Å². The van der Waals surface area contributed by atoms with E-state index in [1.165, 1.54) is 18.2 Å². The maximum absolute atomic E-state index is 13.0. The molecule has 0 spiro atoms. The highest BCUT2D eigenvalue weighted by Crippen LogP contribution is 2.65. The fourth-order valence-electron chi connectivity index (χ4n) is 2.95. The minimum absolute atomic E-state index is 0.140. The summed E-state index contributed by atoms with van der Waals surface area (Å²) in [5, 5.41) is 3.45. The molecule has 0 bridgehead atoms. The van der Waals surface area contributed by atoms with Gasteiger partial charge < -0.3 is 5.32 Å². The van der Waals surface area contributed by atoms with Crippen molar-refractivity contribution in [3.8, 4) is 0 Å². The van der Waals surface area contributed by atoms with E-state index in [-0.39, 0.29) is 10.6 Å². The Morgan fingerprint density at radius 1 is 1.15 bits per heavy atom. The third kappa shape index (κ3) is 3.79. The molecule has 1 amide bonds. The minimum Gasteiger partial charge on any atom is -0.326 e. The van der Waals surface area contributed by atoms with Gasteiger partial charge in [0.2, 0.25) is 5.91 Å². The maximum Gasteiger partial charge on any atom is 0.263 e. The molecule has 2 nitrogen and oxygen atoms in total. The van der Waals surface area contributed by atoms with E-state index in [0.29, 0.717) is 16.3 Å². The maximum atomic E-state index is 13.0. The molecule has 2 aromatic carbocycles. The number of rotatable bonds is 4. The number of carbonyl (C=O) groups is 1. The molecule has 0 radical (unpaired) electrons. The van der Waals surface area contributed by atoms with Crippen LogP contribution in [0.25, 0.3) is 0 Å². The molecule has 0 saturated heterocycles. The largest absolute Gasteiger partial charge is 0.326 e. The normalized spacial score (nSPS) is 20.9. The van der Waals surface area contributed by atoms with Gasteiger partial charge in [-0.1, -0.05) is 23.2 Å². The van der Waals surface area contributed by atoms with Crippen molar-refractivity contribution in [3.63, 3.8) is 0 Å². The van der Waals surface area contributed by atoms with Crippen molar-refractivity contribution in [2.24, 2.45) is 5.92 Å². The summed E-state index contributed by atoms with van der Waals surface area (Å²) in [5.74, 6) is -1.82. The van der Waals surface area contributed by atoms with E-state index < -0.39 is 28.5 Å². The van der Waals surface area contributed by atoms with Crippen LogP contribution in [0.4, 0.5) is 14.5 Å². The predicted molar refractivity (Wildman–Crippen MR) is 102 cm³/mol. The van der Waals surface area contributed by atoms with Crippen molar-refractivity contribution in [2.45, 2.75) is 23.6 Å². The van der Waals surface area contributed by atoms with Gasteiger partial charge in [0.1, 0.15) is 4.33 Å². The second-order valence-corrected chi connectivity index (χ2v) is 8.49. The summed E-state index contributed by atoms with van der Waals surface area (Å²) in [4.78, 5) is 12.6. The van der Waals surface area contributed by atoms with E-state index in [1.807, 2.05) is 6.92 Å². The van der Waals surface area contributed by atoms with Gasteiger partial charge in [-0.05, 0) is 54.4 Å². The van der Waals surface area contributed by atoms with Gasteiger partial charge in [0.25, 0.3) is 6.43 Å². The summed E-state index contributed by atoms with van der Waals surface area (Å²) in [6, 6.07) is 8.99. The molecular weight excluding hydrogens is 426 g/mol. The Bertz CT molecular complexity index is 872. The molecule has 8 heteroatoms. The Morgan fingerprint density at radius 3 is 2.46 bits per heavy atom. The minimum atomic E-state index is -2.68. The Balaban J connectivity index is 1.83. The number of anilines is 1. The zero-order valence-corrected chi connectivity index (χ0v) is 16.4. The summed E-state index contributed by atoms with van der Waals surface area (Å²) in [7, 11) is 0. The summed E-state index contributed by atoms with van der Waals surface area (Å²) < 4.78 is 24.6. The first-order valence-electron chi connectivity index (χ1n) is 7.64. The topological polar surface area (TPSA) is 29.1 Å².